The van der Waals surface area contributed by atoms with Crippen LogP contribution in [0.4, 0.5) is 0 Å². The highest BCUT2D eigenvalue weighted by molar-refractivity contribution is 5.80. The molecule has 0 radical (unpaired) electrons. The second kappa shape index (κ2) is 2.22. The van der Waals surface area contributed by atoms with Gasteiger partial charge in [0.2, 0.25) is 0 Å². The molecule has 0 aromatic carbocycles. The van der Waals surface area contributed by atoms with Gasteiger partial charge < -0.3 is 10.2 Å². The maximum Gasteiger partial charge on any atom is 0.309 e. The van der Waals surface area contributed by atoms with Gasteiger partial charge in [-0.3, -0.25) is 9.59 Å². The largest absolute Gasteiger partial charge is 0.481 e. The fraction of sp³-hybridized carbons (Fsp3) is 0.714. The first-order chi connectivity index (χ1) is 4.96. The molecule has 1 rings (SSSR count). The molecular weight excluding hydrogens is 148 g/mol. The first kappa shape index (κ1) is 8.04. The minimum Gasteiger partial charge on any atom is -0.481 e. The summed E-state index contributed by atoms with van der Waals surface area (Å²) in [6.45, 7) is 1.58. The van der Waals surface area contributed by atoms with E-state index in [9.17, 15) is 9.59 Å². The van der Waals surface area contributed by atoms with Crippen molar-refractivity contribution in [3.63, 3.8) is 0 Å². The molecule has 0 spiro atoms. The molecule has 0 aliphatic heterocycles. The van der Waals surface area contributed by atoms with E-state index in [1.807, 2.05) is 0 Å². The number of aliphatic carboxylic acids is 2. The van der Waals surface area contributed by atoms with Crippen LogP contribution in [0.5, 0.6) is 0 Å². The number of carboxylic acid groups (broad SMARTS) is 2. The Morgan fingerprint density at radius 3 is 2.09 bits per heavy atom. The lowest BCUT2D eigenvalue weighted by Crippen LogP contribution is -2.44. The lowest BCUT2D eigenvalue weighted by atomic mass is 9.63. The van der Waals surface area contributed by atoms with Crippen molar-refractivity contribution >= 4 is 11.9 Å². The molecule has 0 amide bonds. The van der Waals surface area contributed by atoms with Gasteiger partial charge in [0.15, 0.2) is 0 Å². The van der Waals surface area contributed by atoms with Crippen LogP contribution in [0.3, 0.4) is 0 Å². The Labute approximate surface area is 63.8 Å². The number of carbonyl (C=O) groups is 2. The fourth-order valence-electron chi connectivity index (χ4n) is 1.38. The zero-order valence-electron chi connectivity index (χ0n) is 6.20. The van der Waals surface area contributed by atoms with Crippen molar-refractivity contribution in [3.8, 4) is 0 Å². The highest BCUT2D eigenvalue weighted by atomic mass is 16.4. The van der Waals surface area contributed by atoms with E-state index in [1.54, 1.807) is 6.92 Å². The Balaban J connectivity index is 2.50. The van der Waals surface area contributed by atoms with E-state index >= 15 is 0 Å². The van der Waals surface area contributed by atoms with Gasteiger partial charge in [0.05, 0.1) is 11.3 Å². The van der Waals surface area contributed by atoms with Gasteiger partial charge in [-0.05, 0) is 19.8 Å². The molecule has 62 valence electrons. The van der Waals surface area contributed by atoms with Gasteiger partial charge in [0, 0.05) is 0 Å². The van der Waals surface area contributed by atoms with Gasteiger partial charge in [-0.25, -0.2) is 0 Å². The van der Waals surface area contributed by atoms with Crippen LogP contribution in [-0.4, -0.2) is 22.2 Å². The summed E-state index contributed by atoms with van der Waals surface area (Å²) in [5.41, 5.74) is -0.789. The highest BCUT2D eigenvalue weighted by Gasteiger charge is 2.49. The Morgan fingerprint density at radius 2 is 1.82 bits per heavy atom. The Kier molecular flexibility index (Phi) is 1.62. The first-order valence-electron chi connectivity index (χ1n) is 3.42. The van der Waals surface area contributed by atoms with Crippen LogP contribution < -0.4 is 0 Å². The van der Waals surface area contributed by atoms with Crippen LogP contribution >= 0.6 is 0 Å². The Morgan fingerprint density at radius 1 is 1.36 bits per heavy atom. The van der Waals surface area contributed by atoms with Crippen molar-refractivity contribution in [2.24, 2.45) is 11.3 Å². The van der Waals surface area contributed by atoms with Gasteiger partial charge in [-0.1, -0.05) is 0 Å². The van der Waals surface area contributed by atoms with Gasteiger partial charge >= 0.3 is 11.9 Å². The van der Waals surface area contributed by atoms with Gasteiger partial charge in [0.25, 0.3) is 0 Å². The summed E-state index contributed by atoms with van der Waals surface area (Å²) in [5, 5.41) is 17.1. The molecule has 4 nitrogen and oxygen atoms in total. The number of hydrogen-bond acceptors (Lipinski definition) is 2. The summed E-state index contributed by atoms with van der Waals surface area (Å²) in [6.07, 6.45) is 0.523. The SMILES string of the molecule is CC1(C(=O)O)CC(C(=O)O)C1. The molecule has 0 aromatic rings. The minimum absolute atomic E-state index is 0.262. The number of carboxylic acids is 2. The minimum atomic E-state index is -0.894. The third-order valence-corrected chi connectivity index (χ3v) is 2.26. The second-order valence-corrected chi connectivity index (χ2v) is 3.31. The van der Waals surface area contributed by atoms with Gasteiger partial charge in [-0.15, -0.1) is 0 Å². The molecule has 0 heterocycles. The lowest BCUT2D eigenvalue weighted by Gasteiger charge is -2.39. The molecule has 0 unspecified atom stereocenters. The molecule has 1 aliphatic carbocycles. The zero-order chi connectivity index (χ0) is 8.65. The number of rotatable bonds is 2. The maximum atomic E-state index is 10.5. The average molecular weight is 158 g/mol. The van der Waals surface area contributed by atoms with E-state index in [2.05, 4.69) is 0 Å². The van der Waals surface area contributed by atoms with Gasteiger partial charge in [-0.2, -0.15) is 0 Å². The second-order valence-electron chi connectivity index (χ2n) is 3.31. The van der Waals surface area contributed by atoms with E-state index in [1.165, 1.54) is 0 Å². The molecule has 0 bridgehead atoms. The summed E-state index contributed by atoms with van der Waals surface area (Å²) < 4.78 is 0. The predicted octanol–water partition coefficient (Wildman–Crippen LogP) is 0.572. The molecule has 4 heteroatoms. The van der Waals surface area contributed by atoms with Crippen molar-refractivity contribution < 1.29 is 19.8 Å². The molecule has 0 saturated heterocycles. The molecular formula is C7H10O4. The van der Waals surface area contributed by atoms with Crippen molar-refractivity contribution in [3.05, 3.63) is 0 Å². The van der Waals surface area contributed by atoms with Crippen LogP contribution in [0.15, 0.2) is 0 Å². The molecule has 11 heavy (non-hydrogen) atoms. The van der Waals surface area contributed by atoms with Crippen molar-refractivity contribution in [1.29, 1.82) is 0 Å². The normalized spacial score (nSPS) is 35.9. The zero-order valence-corrected chi connectivity index (χ0v) is 6.20. The quantitative estimate of drug-likeness (QED) is 0.616. The fourth-order valence-corrected chi connectivity index (χ4v) is 1.38. The summed E-state index contributed by atoms with van der Waals surface area (Å²) in [5.74, 6) is -2.23. The van der Waals surface area contributed by atoms with Crippen LogP contribution in [0.2, 0.25) is 0 Å². The molecule has 1 fully saturated rings. The molecule has 0 atom stereocenters. The summed E-state index contributed by atoms with van der Waals surface area (Å²) >= 11 is 0. The lowest BCUT2D eigenvalue weighted by molar-refractivity contribution is -0.163. The van der Waals surface area contributed by atoms with E-state index in [4.69, 9.17) is 10.2 Å². The van der Waals surface area contributed by atoms with Crippen LogP contribution in [-0.2, 0) is 9.59 Å². The maximum absolute atomic E-state index is 10.5. The van der Waals surface area contributed by atoms with E-state index in [-0.39, 0.29) is 12.8 Å². The highest BCUT2D eigenvalue weighted by Crippen LogP contribution is 2.45. The predicted molar refractivity (Wildman–Crippen MR) is 36.1 cm³/mol. The van der Waals surface area contributed by atoms with Gasteiger partial charge in [0.1, 0.15) is 0 Å². The van der Waals surface area contributed by atoms with Crippen LogP contribution in [0.25, 0.3) is 0 Å². The average Bonchev–Trinajstić information content (AvgIpc) is 1.79. The summed E-state index contributed by atoms with van der Waals surface area (Å²) in [7, 11) is 0. The van der Waals surface area contributed by atoms with Crippen LogP contribution in [0, 0.1) is 11.3 Å². The number of hydrogen-bond donors (Lipinski definition) is 2. The topological polar surface area (TPSA) is 74.6 Å². The molecule has 0 aromatic heterocycles. The van der Waals surface area contributed by atoms with Crippen molar-refractivity contribution in [1.82, 2.24) is 0 Å². The third kappa shape index (κ3) is 1.20. The Hall–Kier alpha value is -1.06. The van der Waals surface area contributed by atoms with E-state index in [0.717, 1.165) is 0 Å². The first-order valence-corrected chi connectivity index (χ1v) is 3.42. The third-order valence-electron chi connectivity index (χ3n) is 2.26. The monoisotopic (exact) mass is 158 g/mol. The van der Waals surface area contributed by atoms with E-state index < -0.39 is 23.3 Å². The van der Waals surface area contributed by atoms with Crippen molar-refractivity contribution in [2.45, 2.75) is 19.8 Å². The smallest absolute Gasteiger partial charge is 0.309 e. The Bertz CT molecular complexity index is 202. The van der Waals surface area contributed by atoms with Crippen molar-refractivity contribution in [2.75, 3.05) is 0 Å². The summed E-state index contributed by atoms with van der Waals surface area (Å²) in [4.78, 5) is 20.8. The summed E-state index contributed by atoms with van der Waals surface area (Å²) in [6, 6.07) is 0. The standard InChI is InChI=1S/C7H10O4/c1-7(6(10)11)2-4(3-7)5(8)9/h4H,2-3H2,1H3,(H,8,9)(H,10,11). The molecule has 1 saturated carbocycles. The molecule has 2 N–H and O–H groups in total. The van der Waals surface area contributed by atoms with E-state index in [0.29, 0.717) is 0 Å². The molecule has 1 aliphatic rings. The van der Waals surface area contributed by atoms with Crippen LogP contribution in [0.1, 0.15) is 19.8 Å².